The van der Waals surface area contributed by atoms with Crippen LogP contribution in [0.5, 0.6) is 5.75 Å². The first kappa shape index (κ1) is 20.4. The van der Waals surface area contributed by atoms with Crippen molar-refractivity contribution in [2.24, 2.45) is 0 Å². The highest BCUT2D eigenvalue weighted by atomic mass is 35.5. The Bertz CT molecular complexity index is 918. The number of carbonyl (C=O) groups excluding carboxylic acids is 2. The Hall–Kier alpha value is -2.85. The smallest absolute Gasteiger partial charge is 0.420 e. The van der Waals surface area contributed by atoms with Crippen LogP contribution < -0.4 is 14.5 Å². The second-order valence-electron chi connectivity index (χ2n) is 6.90. The van der Waals surface area contributed by atoms with E-state index in [1.165, 1.54) is 24.3 Å². The van der Waals surface area contributed by atoms with Gasteiger partial charge in [0.15, 0.2) is 0 Å². The van der Waals surface area contributed by atoms with Crippen molar-refractivity contribution in [3.8, 4) is 5.75 Å². The molecule has 2 aromatic rings. The third kappa shape index (κ3) is 4.34. The number of benzene rings is 1. The van der Waals surface area contributed by atoms with Crippen LogP contribution in [0.2, 0.25) is 0 Å². The number of anilines is 2. The van der Waals surface area contributed by atoms with Crippen LogP contribution in [-0.4, -0.2) is 64.5 Å². The van der Waals surface area contributed by atoms with Crippen LogP contribution in [0.4, 0.5) is 20.4 Å². The third-order valence-electron chi connectivity index (χ3n) is 5.04. The third-order valence-corrected chi connectivity index (χ3v) is 5.12. The number of halogens is 3. The van der Waals surface area contributed by atoms with E-state index in [4.69, 9.17) is 11.6 Å². The Morgan fingerprint density at radius 2 is 1.67 bits per heavy atom. The van der Waals surface area contributed by atoms with Gasteiger partial charge in [-0.15, -0.1) is 8.78 Å². The molecule has 3 heterocycles. The Kier molecular flexibility index (Phi) is 5.52. The normalized spacial score (nSPS) is 20.7. The summed E-state index contributed by atoms with van der Waals surface area (Å²) in [5.74, 6) is -0.206. The predicted octanol–water partition coefficient (Wildman–Crippen LogP) is 2.10. The largest absolute Gasteiger partial charge is 0.487 e. The van der Waals surface area contributed by atoms with Crippen LogP contribution in [0.25, 0.3) is 0 Å². The van der Waals surface area contributed by atoms with Crippen molar-refractivity contribution >= 4 is 35.1 Å². The quantitative estimate of drug-likeness (QED) is 0.523. The summed E-state index contributed by atoms with van der Waals surface area (Å²) in [5, 5.41) is 0. The fourth-order valence-corrected chi connectivity index (χ4v) is 3.75. The average Bonchev–Trinajstić information content (AvgIpc) is 3.02. The summed E-state index contributed by atoms with van der Waals surface area (Å²) in [6.45, 7) is 2.46. The first-order valence-corrected chi connectivity index (χ1v) is 9.68. The van der Waals surface area contributed by atoms with Gasteiger partial charge in [0, 0.05) is 50.2 Å². The van der Waals surface area contributed by atoms with E-state index < -0.39 is 11.6 Å². The maximum Gasteiger partial charge on any atom is 0.487 e. The fraction of sp³-hybridized carbons (Fsp3) is 0.368. The maximum atomic E-state index is 12.9. The summed E-state index contributed by atoms with van der Waals surface area (Å²) in [4.78, 5) is 39.0. The molecule has 1 atom stereocenters. The second kappa shape index (κ2) is 8.11. The standard InChI is InChI=1S/C19H18ClF2N5O3/c20-19(21,22)30-14-4-2-13(3-5-14)27-16(28)12-15(17(27)29)25-8-10-26(11-9-25)18-23-6-1-7-24-18/h1-7,15H,8-12H2/t15-/m0/s1. The number of alkyl halides is 3. The Labute approximate surface area is 176 Å². The summed E-state index contributed by atoms with van der Waals surface area (Å²) in [5.41, 5.74) is -3.53. The lowest BCUT2D eigenvalue weighted by Crippen LogP contribution is -2.53. The number of aromatic nitrogens is 2. The van der Waals surface area contributed by atoms with Gasteiger partial charge in [-0.25, -0.2) is 14.9 Å². The molecule has 0 aliphatic carbocycles. The number of imide groups is 1. The maximum absolute atomic E-state index is 12.9. The van der Waals surface area contributed by atoms with Crippen LogP contribution in [0.15, 0.2) is 42.7 Å². The van der Waals surface area contributed by atoms with E-state index in [1.807, 2.05) is 9.80 Å². The molecule has 2 aliphatic heterocycles. The zero-order chi connectivity index (χ0) is 21.3. The monoisotopic (exact) mass is 437 g/mol. The number of hydrogen-bond acceptors (Lipinski definition) is 7. The van der Waals surface area contributed by atoms with Gasteiger partial charge >= 0.3 is 5.57 Å². The molecule has 2 amide bonds. The van der Waals surface area contributed by atoms with Crippen molar-refractivity contribution < 1.29 is 23.1 Å². The number of hydrogen-bond donors (Lipinski definition) is 0. The zero-order valence-electron chi connectivity index (χ0n) is 15.7. The lowest BCUT2D eigenvalue weighted by molar-refractivity contribution is -0.123. The SMILES string of the molecule is O=C1C[C@H](N2CCN(c3ncccn3)CC2)C(=O)N1c1ccc(OC(F)(F)Cl)cc1. The highest BCUT2D eigenvalue weighted by Gasteiger charge is 2.43. The number of piperazine rings is 1. The lowest BCUT2D eigenvalue weighted by Gasteiger charge is -2.36. The first-order valence-electron chi connectivity index (χ1n) is 9.30. The molecule has 0 radical (unpaired) electrons. The number of carbonyl (C=O) groups is 2. The molecular weight excluding hydrogens is 420 g/mol. The average molecular weight is 438 g/mol. The predicted molar refractivity (Wildman–Crippen MR) is 105 cm³/mol. The van der Waals surface area contributed by atoms with Crippen molar-refractivity contribution in [1.82, 2.24) is 14.9 Å². The Balaban J connectivity index is 1.41. The highest BCUT2D eigenvalue weighted by molar-refractivity contribution is 6.22. The molecule has 1 aromatic carbocycles. The zero-order valence-corrected chi connectivity index (χ0v) is 16.5. The lowest BCUT2D eigenvalue weighted by atomic mass is 10.2. The number of ether oxygens (including phenoxy) is 1. The van der Waals surface area contributed by atoms with Gasteiger partial charge in [0.1, 0.15) is 5.75 Å². The molecule has 158 valence electrons. The van der Waals surface area contributed by atoms with E-state index >= 15 is 0 Å². The molecular formula is C19H18ClF2N5O3. The number of amides is 2. The van der Waals surface area contributed by atoms with E-state index in [0.717, 1.165) is 4.90 Å². The molecule has 8 nitrogen and oxygen atoms in total. The van der Waals surface area contributed by atoms with E-state index in [-0.39, 0.29) is 24.0 Å². The van der Waals surface area contributed by atoms with Gasteiger partial charge in [-0.3, -0.25) is 14.5 Å². The van der Waals surface area contributed by atoms with Gasteiger partial charge in [0.25, 0.3) is 5.91 Å². The van der Waals surface area contributed by atoms with Gasteiger partial charge in [-0.2, -0.15) is 0 Å². The van der Waals surface area contributed by atoms with Crippen LogP contribution in [-0.2, 0) is 9.59 Å². The van der Waals surface area contributed by atoms with Gasteiger partial charge in [-0.05, 0) is 30.3 Å². The molecule has 0 unspecified atom stereocenters. The Morgan fingerprint density at radius 1 is 1.03 bits per heavy atom. The summed E-state index contributed by atoms with van der Waals surface area (Å²) in [6.07, 6.45) is 3.42. The van der Waals surface area contributed by atoms with Crippen LogP contribution in [0.1, 0.15) is 6.42 Å². The van der Waals surface area contributed by atoms with Gasteiger partial charge in [0.05, 0.1) is 18.2 Å². The fourth-order valence-electron chi connectivity index (χ4n) is 3.66. The Morgan fingerprint density at radius 3 is 2.27 bits per heavy atom. The molecule has 2 saturated heterocycles. The number of rotatable bonds is 5. The van der Waals surface area contributed by atoms with Crippen LogP contribution in [0.3, 0.4) is 0 Å². The minimum absolute atomic E-state index is 0.0681. The molecule has 0 saturated carbocycles. The molecule has 0 spiro atoms. The van der Waals surface area contributed by atoms with Crippen molar-refractivity contribution in [3.05, 3.63) is 42.7 Å². The van der Waals surface area contributed by atoms with Gasteiger partial charge in [-0.1, -0.05) is 0 Å². The molecule has 2 aliphatic rings. The molecule has 0 bridgehead atoms. The number of nitrogens with zero attached hydrogens (tertiary/aromatic N) is 5. The molecule has 0 N–H and O–H groups in total. The minimum atomic E-state index is -3.83. The molecule has 4 rings (SSSR count). The van der Waals surface area contributed by atoms with Crippen LogP contribution in [0, 0.1) is 0 Å². The van der Waals surface area contributed by atoms with E-state index in [9.17, 15) is 18.4 Å². The topological polar surface area (TPSA) is 78.9 Å². The van der Waals surface area contributed by atoms with Crippen molar-refractivity contribution in [3.63, 3.8) is 0 Å². The van der Waals surface area contributed by atoms with Crippen LogP contribution >= 0.6 is 11.6 Å². The summed E-state index contributed by atoms with van der Waals surface area (Å²) in [7, 11) is 0. The second-order valence-corrected chi connectivity index (χ2v) is 7.34. The van der Waals surface area contributed by atoms with E-state index in [0.29, 0.717) is 37.8 Å². The van der Waals surface area contributed by atoms with E-state index in [2.05, 4.69) is 14.7 Å². The van der Waals surface area contributed by atoms with Gasteiger partial charge in [0.2, 0.25) is 11.9 Å². The molecule has 1 aromatic heterocycles. The highest BCUT2D eigenvalue weighted by Crippen LogP contribution is 2.30. The molecule has 2 fully saturated rings. The van der Waals surface area contributed by atoms with Crippen molar-refractivity contribution in [2.75, 3.05) is 36.0 Å². The summed E-state index contributed by atoms with van der Waals surface area (Å²) >= 11 is 4.74. The van der Waals surface area contributed by atoms with Gasteiger partial charge < -0.3 is 9.64 Å². The van der Waals surface area contributed by atoms with Crippen molar-refractivity contribution in [2.45, 2.75) is 18.0 Å². The van der Waals surface area contributed by atoms with E-state index in [1.54, 1.807) is 18.5 Å². The molecule has 30 heavy (non-hydrogen) atoms. The first-order chi connectivity index (χ1) is 14.3. The molecule has 11 heteroatoms. The minimum Gasteiger partial charge on any atom is -0.420 e. The summed E-state index contributed by atoms with van der Waals surface area (Å²) in [6, 6.07) is 6.41. The summed E-state index contributed by atoms with van der Waals surface area (Å²) < 4.78 is 29.7. The van der Waals surface area contributed by atoms with Crippen molar-refractivity contribution in [1.29, 1.82) is 0 Å².